The van der Waals surface area contributed by atoms with Crippen LogP contribution in [0.15, 0.2) is 51.7 Å². The first-order valence-corrected chi connectivity index (χ1v) is 11.0. The Bertz CT molecular complexity index is 1710. The molecular formula is C26H15F2NO9. The Kier molecular flexibility index (Phi) is 5.96. The van der Waals surface area contributed by atoms with Crippen LogP contribution in [0.1, 0.15) is 33.6 Å². The largest absolute Gasteiger partial charge is 0.505 e. The topological polar surface area (TPSA) is 160 Å². The number of carboxylic acid groups (broad SMARTS) is 1. The second kappa shape index (κ2) is 9.16. The average molecular weight is 523 g/mol. The summed E-state index contributed by atoms with van der Waals surface area (Å²) in [5, 5.41) is 19.7. The molecule has 2 aliphatic carbocycles. The van der Waals surface area contributed by atoms with Gasteiger partial charge in [-0.2, -0.15) is 0 Å². The molecule has 0 amide bonds. The first-order valence-electron chi connectivity index (χ1n) is 11.0. The summed E-state index contributed by atoms with van der Waals surface area (Å²) >= 11 is 0. The molecule has 0 radical (unpaired) electrons. The summed E-state index contributed by atoms with van der Waals surface area (Å²) in [4.78, 5) is 65.0. The monoisotopic (exact) mass is 523 g/mol. The number of aromatic hydroxyl groups is 1. The lowest BCUT2D eigenvalue weighted by Gasteiger charge is -2.17. The number of benzene rings is 3. The molecule has 0 unspecified atom stereocenters. The number of Topliss-reactive ketones (excluding diaryl/α,β-unsaturated/α-hetero) is 2. The summed E-state index contributed by atoms with van der Waals surface area (Å²) < 4.78 is 34.2. The molecule has 0 spiro atoms. The molecule has 0 atom stereocenters. The Labute approximate surface area is 210 Å². The molecule has 2 aromatic rings. The van der Waals surface area contributed by atoms with Crippen LogP contribution in [0.3, 0.4) is 0 Å². The summed E-state index contributed by atoms with van der Waals surface area (Å²) in [6.07, 6.45) is 0.00791. The Hall–Kier alpha value is -4.97. The van der Waals surface area contributed by atoms with Crippen molar-refractivity contribution in [1.82, 2.24) is 5.48 Å². The lowest BCUT2D eigenvalue weighted by molar-refractivity contribution is -0.128. The molecule has 0 aromatic heterocycles. The number of halogens is 2. The van der Waals surface area contributed by atoms with Crippen LogP contribution >= 0.6 is 0 Å². The number of hydroxylamine groups is 1. The SMILES string of the molecule is O=C(ONC1C(=O)CCC1=O)c1ccc(-c2c3cc(F)c(=O)cc-3oc3cc(O)c(F)cc23)c(C(=O)O)c1. The third-order valence-electron chi connectivity index (χ3n) is 6.13. The zero-order valence-corrected chi connectivity index (χ0v) is 19.0. The number of carbonyl (C=O) groups excluding carboxylic acids is 3. The quantitative estimate of drug-likeness (QED) is 0.201. The van der Waals surface area contributed by atoms with Crippen LogP contribution in [0, 0.1) is 11.6 Å². The van der Waals surface area contributed by atoms with E-state index in [2.05, 4.69) is 5.48 Å². The maximum absolute atomic E-state index is 14.3. The number of rotatable bonds is 5. The number of fused-ring (bicyclic) bond motifs is 2. The fourth-order valence-corrected chi connectivity index (χ4v) is 4.27. The van der Waals surface area contributed by atoms with Gasteiger partial charge in [-0.3, -0.25) is 14.4 Å². The van der Waals surface area contributed by atoms with Gasteiger partial charge in [0.05, 0.1) is 11.1 Å². The Morgan fingerprint density at radius 3 is 2.34 bits per heavy atom. The molecule has 1 heterocycles. The van der Waals surface area contributed by atoms with Gasteiger partial charge < -0.3 is 19.5 Å². The zero-order chi connectivity index (χ0) is 27.3. The lowest BCUT2D eigenvalue weighted by atomic mass is 9.89. The van der Waals surface area contributed by atoms with Crippen molar-refractivity contribution < 1.29 is 47.4 Å². The highest BCUT2D eigenvalue weighted by Gasteiger charge is 2.34. The van der Waals surface area contributed by atoms with Crippen molar-refractivity contribution in [2.45, 2.75) is 18.9 Å². The van der Waals surface area contributed by atoms with Crippen LogP contribution < -0.4 is 10.9 Å². The van der Waals surface area contributed by atoms with E-state index in [9.17, 15) is 43.0 Å². The zero-order valence-electron chi connectivity index (χ0n) is 19.0. The number of phenolic OH excluding ortho intramolecular Hbond substituents is 1. The van der Waals surface area contributed by atoms with E-state index in [1.165, 1.54) is 12.1 Å². The van der Waals surface area contributed by atoms with Crippen molar-refractivity contribution in [3.63, 3.8) is 0 Å². The molecule has 2 aromatic carbocycles. The van der Waals surface area contributed by atoms with Gasteiger partial charge in [-0.05, 0) is 29.8 Å². The summed E-state index contributed by atoms with van der Waals surface area (Å²) in [7, 11) is 0. The number of ketones is 2. The molecule has 10 nitrogen and oxygen atoms in total. The molecular weight excluding hydrogens is 508 g/mol. The summed E-state index contributed by atoms with van der Waals surface area (Å²) in [6, 6.07) is 5.41. The van der Waals surface area contributed by atoms with Gasteiger partial charge in [0.25, 0.3) is 0 Å². The predicted molar refractivity (Wildman–Crippen MR) is 125 cm³/mol. The smallest absolute Gasteiger partial charge is 0.356 e. The number of carbonyl (C=O) groups is 4. The van der Waals surface area contributed by atoms with Gasteiger partial charge in [-0.25, -0.2) is 18.4 Å². The first kappa shape index (κ1) is 24.7. The van der Waals surface area contributed by atoms with E-state index < -0.39 is 57.9 Å². The van der Waals surface area contributed by atoms with E-state index >= 15 is 0 Å². The average Bonchev–Trinajstić information content (AvgIpc) is 3.19. The van der Waals surface area contributed by atoms with Crippen molar-refractivity contribution >= 4 is 34.5 Å². The fourth-order valence-electron chi connectivity index (χ4n) is 4.27. The van der Waals surface area contributed by atoms with Crippen molar-refractivity contribution in [1.29, 1.82) is 0 Å². The van der Waals surface area contributed by atoms with Crippen LogP contribution in [0.2, 0.25) is 0 Å². The van der Waals surface area contributed by atoms with Crippen LogP contribution in [-0.2, 0) is 14.4 Å². The fraction of sp³-hybridized carbons (Fsp3) is 0.115. The van der Waals surface area contributed by atoms with E-state index in [1.807, 2.05) is 0 Å². The molecule has 0 bridgehead atoms. The molecule has 38 heavy (non-hydrogen) atoms. The second-order valence-corrected chi connectivity index (χ2v) is 8.49. The summed E-state index contributed by atoms with van der Waals surface area (Å²) in [6.45, 7) is 0. The van der Waals surface area contributed by atoms with Gasteiger partial charge in [0, 0.05) is 41.5 Å². The number of carboxylic acids is 1. The molecule has 12 heteroatoms. The highest BCUT2D eigenvalue weighted by Crippen LogP contribution is 2.43. The van der Waals surface area contributed by atoms with Crippen molar-refractivity contribution in [3.8, 4) is 28.2 Å². The van der Waals surface area contributed by atoms with Crippen molar-refractivity contribution in [2.24, 2.45) is 0 Å². The minimum Gasteiger partial charge on any atom is -0.505 e. The Morgan fingerprint density at radius 2 is 1.66 bits per heavy atom. The number of hydrogen-bond acceptors (Lipinski definition) is 9. The number of hydrogen-bond donors (Lipinski definition) is 3. The van der Waals surface area contributed by atoms with E-state index in [-0.39, 0.29) is 51.8 Å². The molecule has 1 saturated carbocycles. The van der Waals surface area contributed by atoms with Crippen LogP contribution in [-0.4, -0.2) is 39.8 Å². The molecule has 3 aliphatic rings. The van der Waals surface area contributed by atoms with E-state index in [0.29, 0.717) is 0 Å². The van der Waals surface area contributed by atoms with E-state index in [0.717, 1.165) is 30.3 Å². The number of aromatic carboxylic acids is 1. The van der Waals surface area contributed by atoms with Crippen molar-refractivity contribution in [2.75, 3.05) is 0 Å². The first-order chi connectivity index (χ1) is 18.0. The van der Waals surface area contributed by atoms with Gasteiger partial charge in [0.1, 0.15) is 11.3 Å². The third-order valence-corrected chi connectivity index (χ3v) is 6.13. The summed E-state index contributed by atoms with van der Waals surface area (Å²) in [5.74, 6) is -6.72. The van der Waals surface area contributed by atoms with Crippen LogP contribution in [0.5, 0.6) is 5.75 Å². The molecule has 3 N–H and O–H groups in total. The third kappa shape index (κ3) is 4.16. The van der Waals surface area contributed by atoms with Gasteiger partial charge in [-0.15, -0.1) is 5.48 Å². The molecule has 1 aliphatic heterocycles. The maximum atomic E-state index is 14.3. The number of nitrogens with one attached hydrogen (secondary N) is 1. The predicted octanol–water partition coefficient (Wildman–Crippen LogP) is 3.21. The second-order valence-electron chi connectivity index (χ2n) is 8.49. The van der Waals surface area contributed by atoms with Crippen molar-refractivity contribution in [3.05, 3.63) is 75.4 Å². The van der Waals surface area contributed by atoms with Gasteiger partial charge in [0.15, 0.2) is 35.0 Å². The van der Waals surface area contributed by atoms with E-state index in [4.69, 9.17) is 9.25 Å². The maximum Gasteiger partial charge on any atom is 0.356 e. The minimum absolute atomic E-state index is 0.00395. The lowest BCUT2D eigenvalue weighted by Crippen LogP contribution is -2.39. The molecule has 0 saturated heterocycles. The van der Waals surface area contributed by atoms with Crippen LogP contribution in [0.25, 0.3) is 33.4 Å². The summed E-state index contributed by atoms with van der Waals surface area (Å²) in [5.41, 5.74) is -0.0209. The Morgan fingerprint density at radius 1 is 0.947 bits per heavy atom. The number of phenols is 1. The van der Waals surface area contributed by atoms with Gasteiger partial charge >= 0.3 is 11.9 Å². The highest BCUT2D eigenvalue weighted by molar-refractivity contribution is 6.12. The van der Waals surface area contributed by atoms with Gasteiger partial charge in [0.2, 0.25) is 5.43 Å². The molecule has 5 rings (SSSR count). The Balaban J connectivity index is 1.66. The standard InChI is InChI=1S/C26H15F2NO9/c27-15-6-13-21(8-19(15)32)37-22-9-20(33)16(28)7-14(22)23(13)11-2-1-10(5-12(11)25(34)35)26(36)38-29-24-17(30)3-4-18(24)31/h1-2,5-9,24,29,32H,3-4H2,(H,34,35). The normalized spacial score (nSPS) is 13.9. The van der Waals surface area contributed by atoms with E-state index in [1.54, 1.807) is 0 Å². The van der Waals surface area contributed by atoms with Gasteiger partial charge in [-0.1, -0.05) is 6.07 Å². The van der Waals surface area contributed by atoms with Crippen LogP contribution in [0.4, 0.5) is 8.78 Å². The highest BCUT2D eigenvalue weighted by atomic mass is 19.1. The minimum atomic E-state index is -1.52. The molecule has 192 valence electrons. The molecule has 1 fully saturated rings.